The van der Waals surface area contributed by atoms with E-state index >= 15 is 0 Å². The molecule has 2 aromatic rings. The van der Waals surface area contributed by atoms with Gasteiger partial charge >= 0.3 is 0 Å². The second-order valence-electron chi connectivity index (χ2n) is 5.86. The number of aliphatic hydroxyl groups is 1. The Hall–Kier alpha value is -2.44. The highest BCUT2D eigenvalue weighted by Crippen LogP contribution is 2.34. The van der Waals surface area contributed by atoms with Crippen LogP contribution in [0.5, 0.6) is 11.5 Å². The molecule has 3 nitrogen and oxygen atoms in total. The fraction of sp³-hybridized carbons (Fsp3) is 0.300. The SMILES string of the molecule is COc1cc2c(cc1OC)CC(O)c1cc(C)c(C)cc1C#C2. The zero-order valence-corrected chi connectivity index (χ0v) is 13.9. The van der Waals surface area contributed by atoms with Crippen LogP contribution in [0.15, 0.2) is 24.3 Å². The molecule has 0 bridgehead atoms. The van der Waals surface area contributed by atoms with Crippen LogP contribution in [0.1, 0.15) is 39.5 Å². The van der Waals surface area contributed by atoms with Crippen LogP contribution >= 0.6 is 0 Å². The van der Waals surface area contributed by atoms with Gasteiger partial charge in [0.1, 0.15) is 0 Å². The van der Waals surface area contributed by atoms with Crippen LogP contribution in [0.2, 0.25) is 0 Å². The maximum atomic E-state index is 10.7. The molecule has 1 atom stereocenters. The molecule has 0 aliphatic heterocycles. The lowest BCUT2D eigenvalue weighted by Crippen LogP contribution is -2.09. The Morgan fingerprint density at radius 2 is 1.52 bits per heavy atom. The number of ether oxygens (including phenoxy) is 2. The molecule has 0 aromatic heterocycles. The van der Waals surface area contributed by atoms with E-state index < -0.39 is 6.10 Å². The summed E-state index contributed by atoms with van der Waals surface area (Å²) in [4.78, 5) is 0. The van der Waals surface area contributed by atoms with Crippen molar-refractivity contribution in [3.05, 3.63) is 57.6 Å². The van der Waals surface area contributed by atoms with E-state index in [9.17, 15) is 5.11 Å². The van der Waals surface area contributed by atoms with Crippen molar-refractivity contribution < 1.29 is 14.6 Å². The lowest BCUT2D eigenvalue weighted by Gasteiger charge is -2.19. The first kappa shape index (κ1) is 15.5. The lowest BCUT2D eigenvalue weighted by molar-refractivity contribution is 0.177. The molecule has 0 fully saturated rings. The van der Waals surface area contributed by atoms with Gasteiger partial charge in [-0.15, -0.1) is 0 Å². The minimum Gasteiger partial charge on any atom is -0.493 e. The third-order valence-corrected chi connectivity index (χ3v) is 4.38. The molecule has 0 radical (unpaired) electrons. The van der Waals surface area contributed by atoms with Gasteiger partial charge in [0.15, 0.2) is 11.5 Å². The van der Waals surface area contributed by atoms with Crippen molar-refractivity contribution in [3.63, 3.8) is 0 Å². The van der Waals surface area contributed by atoms with Gasteiger partial charge in [-0.3, -0.25) is 0 Å². The fourth-order valence-electron chi connectivity index (χ4n) is 2.88. The fourth-order valence-corrected chi connectivity index (χ4v) is 2.88. The van der Waals surface area contributed by atoms with Crippen molar-refractivity contribution in [1.82, 2.24) is 0 Å². The maximum absolute atomic E-state index is 10.7. The number of aryl methyl sites for hydroxylation is 2. The number of benzene rings is 2. The molecule has 0 spiro atoms. The van der Waals surface area contributed by atoms with Crippen LogP contribution in [-0.2, 0) is 6.42 Å². The Kier molecular flexibility index (Phi) is 4.02. The van der Waals surface area contributed by atoms with Crippen molar-refractivity contribution in [3.8, 4) is 23.3 Å². The molecular weight excluding hydrogens is 288 g/mol. The quantitative estimate of drug-likeness (QED) is 0.865. The van der Waals surface area contributed by atoms with Crippen molar-refractivity contribution in [2.75, 3.05) is 14.2 Å². The van der Waals surface area contributed by atoms with Gasteiger partial charge in [-0.2, -0.15) is 0 Å². The predicted molar refractivity (Wildman–Crippen MR) is 90.1 cm³/mol. The zero-order valence-electron chi connectivity index (χ0n) is 13.9. The Morgan fingerprint density at radius 3 is 2.22 bits per heavy atom. The monoisotopic (exact) mass is 308 g/mol. The third-order valence-electron chi connectivity index (χ3n) is 4.38. The van der Waals surface area contributed by atoms with Gasteiger partial charge in [-0.05, 0) is 54.3 Å². The van der Waals surface area contributed by atoms with Gasteiger partial charge in [0.2, 0.25) is 0 Å². The van der Waals surface area contributed by atoms with Crippen LogP contribution in [-0.4, -0.2) is 19.3 Å². The van der Waals surface area contributed by atoms with Crippen LogP contribution in [0.4, 0.5) is 0 Å². The minimum atomic E-state index is -0.587. The molecule has 23 heavy (non-hydrogen) atoms. The lowest BCUT2D eigenvalue weighted by atomic mass is 9.90. The van der Waals surface area contributed by atoms with E-state index in [2.05, 4.69) is 25.7 Å². The molecule has 1 aliphatic rings. The summed E-state index contributed by atoms with van der Waals surface area (Å²) in [5, 5.41) is 10.7. The van der Waals surface area contributed by atoms with Gasteiger partial charge < -0.3 is 14.6 Å². The minimum absolute atomic E-state index is 0.500. The molecule has 2 aromatic carbocycles. The Balaban J connectivity index is 2.19. The van der Waals surface area contributed by atoms with Gasteiger partial charge in [0.25, 0.3) is 0 Å². The van der Waals surface area contributed by atoms with Gasteiger partial charge in [0.05, 0.1) is 20.3 Å². The summed E-state index contributed by atoms with van der Waals surface area (Å²) in [7, 11) is 3.22. The van der Waals surface area contributed by atoms with Crippen molar-refractivity contribution in [1.29, 1.82) is 0 Å². The van der Waals surface area contributed by atoms with Crippen molar-refractivity contribution in [2.24, 2.45) is 0 Å². The Labute approximate surface area is 136 Å². The summed E-state index contributed by atoms with van der Waals surface area (Å²) in [6.45, 7) is 4.11. The summed E-state index contributed by atoms with van der Waals surface area (Å²) in [5.74, 6) is 7.72. The summed E-state index contributed by atoms with van der Waals surface area (Å²) in [6, 6.07) is 7.86. The van der Waals surface area contributed by atoms with Crippen molar-refractivity contribution in [2.45, 2.75) is 26.4 Å². The van der Waals surface area contributed by atoms with Gasteiger partial charge in [0, 0.05) is 17.5 Å². The first-order valence-corrected chi connectivity index (χ1v) is 7.59. The molecule has 118 valence electrons. The summed E-state index contributed by atoms with van der Waals surface area (Å²) in [5.41, 5.74) is 5.95. The van der Waals surface area contributed by atoms with Crippen LogP contribution < -0.4 is 9.47 Å². The second kappa shape index (κ2) is 5.98. The van der Waals surface area contributed by atoms with Crippen LogP contribution in [0.3, 0.4) is 0 Å². The van der Waals surface area contributed by atoms with Gasteiger partial charge in [-0.1, -0.05) is 17.9 Å². The first-order valence-electron chi connectivity index (χ1n) is 7.59. The van der Waals surface area contributed by atoms with Crippen LogP contribution in [0, 0.1) is 25.7 Å². The molecule has 0 saturated carbocycles. The predicted octanol–water partition coefficient (Wildman–Crippen LogP) is 3.31. The number of rotatable bonds is 2. The highest BCUT2D eigenvalue weighted by atomic mass is 16.5. The third kappa shape index (κ3) is 2.78. The van der Waals surface area contributed by atoms with E-state index in [1.807, 2.05) is 24.3 Å². The maximum Gasteiger partial charge on any atom is 0.161 e. The second-order valence-corrected chi connectivity index (χ2v) is 5.86. The number of aliphatic hydroxyl groups excluding tert-OH is 1. The summed E-state index contributed by atoms with van der Waals surface area (Å²) < 4.78 is 10.7. The molecule has 0 amide bonds. The molecule has 1 aliphatic carbocycles. The first-order chi connectivity index (χ1) is 11.0. The molecule has 3 heteroatoms. The number of fused-ring (bicyclic) bond motifs is 2. The molecule has 1 N–H and O–H groups in total. The van der Waals surface area contributed by atoms with Gasteiger partial charge in [-0.25, -0.2) is 0 Å². The summed E-state index contributed by atoms with van der Waals surface area (Å²) >= 11 is 0. The largest absolute Gasteiger partial charge is 0.493 e. The van der Waals surface area contributed by atoms with E-state index in [1.165, 1.54) is 5.56 Å². The normalized spacial score (nSPS) is 15.4. The standard InChI is InChI=1S/C20H20O3/c1-12-7-15-6-5-14-10-19(22-3)20(23-4)11-16(14)9-18(21)17(15)8-13(12)2/h7-8,10-11,18,21H,9H2,1-4H3. The average Bonchev–Trinajstić information content (AvgIpc) is 2.54. The topological polar surface area (TPSA) is 38.7 Å². The zero-order chi connectivity index (χ0) is 16.6. The number of hydrogen-bond acceptors (Lipinski definition) is 3. The number of methoxy groups -OCH3 is 2. The molecular formula is C20H20O3. The molecule has 0 saturated heterocycles. The highest BCUT2D eigenvalue weighted by molar-refractivity contribution is 5.58. The van der Waals surface area contributed by atoms with Crippen molar-refractivity contribution >= 4 is 0 Å². The average molecular weight is 308 g/mol. The van der Waals surface area contributed by atoms with E-state index in [0.29, 0.717) is 17.9 Å². The smallest absolute Gasteiger partial charge is 0.161 e. The van der Waals surface area contributed by atoms with E-state index in [4.69, 9.17) is 9.47 Å². The Morgan fingerprint density at radius 1 is 0.913 bits per heavy atom. The molecule has 0 heterocycles. The Bertz CT molecular complexity index is 825. The molecule has 3 rings (SSSR count). The molecule has 1 unspecified atom stereocenters. The van der Waals surface area contributed by atoms with E-state index in [0.717, 1.165) is 27.8 Å². The summed E-state index contributed by atoms with van der Waals surface area (Å²) in [6.07, 6.45) is -0.0874. The number of hydrogen-bond donors (Lipinski definition) is 1. The highest BCUT2D eigenvalue weighted by Gasteiger charge is 2.19. The van der Waals surface area contributed by atoms with Crippen LogP contribution in [0.25, 0.3) is 0 Å². The van der Waals surface area contributed by atoms with E-state index in [1.54, 1.807) is 14.2 Å². The van der Waals surface area contributed by atoms with E-state index in [-0.39, 0.29) is 0 Å².